The van der Waals surface area contributed by atoms with E-state index in [1.165, 1.54) is 0 Å². The predicted molar refractivity (Wildman–Crippen MR) is 49.7 cm³/mol. The van der Waals surface area contributed by atoms with Gasteiger partial charge in [0.05, 0.1) is 6.54 Å². The summed E-state index contributed by atoms with van der Waals surface area (Å²) in [5.41, 5.74) is 6.41. The molecule has 1 heterocycles. The van der Waals surface area contributed by atoms with Crippen LogP contribution in [0, 0.1) is 0 Å². The van der Waals surface area contributed by atoms with E-state index < -0.39 is 0 Å². The quantitative estimate of drug-likeness (QED) is 0.711. The van der Waals surface area contributed by atoms with Crippen LogP contribution < -0.4 is 5.73 Å². The van der Waals surface area contributed by atoms with Crippen LogP contribution in [0.25, 0.3) is 11.4 Å². The van der Waals surface area contributed by atoms with Gasteiger partial charge in [-0.1, -0.05) is 30.3 Å². The number of nitrogens with two attached hydrogens (primary N) is 1. The van der Waals surface area contributed by atoms with Gasteiger partial charge in [0.2, 0.25) is 0 Å². The van der Waals surface area contributed by atoms with Crippen LogP contribution in [0.4, 0.5) is 0 Å². The molecule has 66 valence electrons. The molecule has 0 unspecified atom stereocenters. The lowest BCUT2D eigenvalue weighted by Gasteiger charge is -1.91. The number of H-pyrrole nitrogens is 1. The number of nitrogens with one attached hydrogen (secondary N) is 1. The highest BCUT2D eigenvalue weighted by molar-refractivity contribution is 5.53. The van der Waals surface area contributed by atoms with Gasteiger partial charge in [0.15, 0.2) is 5.82 Å². The highest BCUT2D eigenvalue weighted by Crippen LogP contribution is 2.12. The van der Waals surface area contributed by atoms with Crippen LogP contribution in [-0.4, -0.2) is 15.2 Å². The smallest absolute Gasteiger partial charge is 0.181 e. The van der Waals surface area contributed by atoms with Gasteiger partial charge >= 0.3 is 0 Å². The van der Waals surface area contributed by atoms with Crippen LogP contribution >= 0.6 is 0 Å². The first-order valence-corrected chi connectivity index (χ1v) is 4.07. The Labute approximate surface area is 75.8 Å². The first-order chi connectivity index (χ1) is 6.40. The van der Waals surface area contributed by atoms with Crippen LogP contribution in [0.3, 0.4) is 0 Å². The molecule has 0 saturated heterocycles. The summed E-state index contributed by atoms with van der Waals surface area (Å²) in [5.74, 6) is 1.40. The maximum atomic E-state index is 5.41. The molecule has 0 spiro atoms. The second-order valence-electron chi connectivity index (χ2n) is 2.68. The van der Waals surface area contributed by atoms with Crippen molar-refractivity contribution in [2.45, 2.75) is 6.54 Å². The fraction of sp³-hybridized carbons (Fsp3) is 0.111. The van der Waals surface area contributed by atoms with E-state index in [0.717, 1.165) is 5.56 Å². The van der Waals surface area contributed by atoms with Crippen LogP contribution in [0.1, 0.15) is 5.82 Å². The molecule has 0 aliphatic carbocycles. The zero-order valence-electron chi connectivity index (χ0n) is 7.07. The number of nitrogens with zero attached hydrogens (tertiary/aromatic N) is 2. The predicted octanol–water partition coefficient (Wildman–Crippen LogP) is 0.930. The van der Waals surface area contributed by atoms with Gasteiger partial charge in [-0.3, -0.25) is 5.10 Å². The molecule has 0 bridgehead atoms. The number of aromatic amines is 1. The Bertz CT molecular complexity index is 380. The number of benzene rings is 1. The highest BCUT2D eigenvalue weighted by atomic mass is 15.2. The molecule has 1 aromatic heterocycles. The van der Waals surface area contributed by atoms with E-state index in [0.29, 0.717) is 18.2 Å². The lowest BCUT2D eigenvalue weighted by molar-refractivity contribution is 0.917. The molecule has 0 aliphatic rings. The standard InChI is InChI=1S/C9H10N4/c10-6-8-11-9(13-12-8)7-4-2-1-3-5-7/h1-5H,6,10H2,(H,11,12,13). The maximum absolute atomic E-state index is 5.41. The summed E-state index contributed by atoms with van der Waals surface area (Å²) in [5, 5.41) is 6.81. The van der Waals surface area contributed by atoms with Gasteiger partial charge in [-0.05, 0) is 0 Å². The zero-order valence-corrected chi connectivity index (χ0v) is 7.07. The second-order valence-corrected chi connectivity index (χ2v) is 2.68. The minimum atomic E-state index is 0.389. The lowest BCUT2D eigenvalue weighted by Crippen LogP contribution is -1.97. The number of rotatable bonds is 2. The summed E-state index contributed by atoms with van der Waals surface area (Å²) < 4.78 is 0. The molecule has 4 heteroatoms. The minimum Gasteiger partial charge on any atom is -0.324 e. The van der Waals surface area contributed by atoms with Gasteiger partial charge in [-0.2, -0.15) is 5.10 Å². The largest absolute Gasteiger partial charge is 0.324 e. The van der Waals surface area contributed by atoms with Gasteiger partial charge in [0, 0.05) is 5.56 Å². The molecular formula is C9H10N4. The zero-order chi connectivity index (χ0) is 9.10. The van der Waals surface area contributed by atoms with Crippen LogP contribution in [0.15, 0.2) is 30.3 Å². The van der Waals surface area contributed by atoms with Gasteiger partial charge < -0.3 is 5.73 Å². The molecule has 2 rings (SSSR count). The molecule has 0 amide bonds. The average molecular weight is 174 g/mol. The third kappa shape index (κ3) is 1.57. The summed E-state index contributed by atoms with van der Waals surface area (Å²) in [6, 6.07) is 9.79. The summed E-state index contributed by atoms with van der Waals surface area (Å²) in [6.07, 6.45) is 0. The number of aromatic nitrogens is 3. The summed E-state index contributed by atoms with van der Waals surface area (Å²) in [4.78, 5) is 4.21. The molecule has 0 radical (unpaired) electrons. The summed E-state index contributed by atoms with van der Waals surface area (Å²) >= 11 is 0. The Hall–Kier alpha value is -1.68. The molecule has 2 aromatic rings. The monoisotopic (exact) mass is 174 g/mol. The van der Waals surface area contributed by atoms with Crippen molar-refractivity contribution in [1.29, 1.82) is 0 Å². The van der Waals surface area contributed by atoms with Gasteiger partial charge in [-0.15, -0.1) is 0 Å². The van der Waals surface area contributed by atoms with Crippen molar-refractivity contribution >= 4 is 0 Å². The normalized spacial score (nSPS) is 10.2. The van der Waals surface area contributed by atoms with Crippen molar-refractivity contribution in [3.63, 3.8) is 0 Å². The fourth-order valence-corrected chi connectivity index (χ4v) is 1.10. The molecule has 0 aliphatic heterocycles. The van der Waals surface area contributed by atoms with Crippen molar-refractivity contribution in [3.05, 3.63) is 36.2 Å². The molecule has 13 heavy (non-hydrogen) atoms. The summed E-state index contributed by atoms with van der Waals surface area (Å²) in [7, 11) is 0. The van der Waals surface area contributed by atoms with Crippen LogP contribution in [-0.2, 0) is 6.54 Å². The van der Waals surface area contributed by atoms with Crippen molar-refractivity contribution in [2.75, 3.05) is 0 Å². The molecule has 3 N–H and O–H groups in total. The van der Waals surface area contributed by atoms with E-state index in [1.807, 2.05) is 30.3 Å². The molecule has 1 aromatic carbocycles. The first-order valence-electron chi connectivity index (χ1n) is 4.07. The highest BCUT2D eigenvalue weighted by Gasteiger charge is 2.02. The Morgan fingerprint density at radius 1 is 1.23 bits per heavy atom. The van der Waals surface area contributed by atoms with Crippen molar-refractivity contribution < 1.29 is 0 Å². The van der Waals surface area contributed by atoms with E-state index in [4.69, 9.17) is 5.73 Å². The topological polar surface area (TPSA) is 67.6 Å². The van der Waals surface area contributed by atoms with Crippen molar-refractivity contribution in [1.82, 2.24) is 15.2 Å². The second kappa shape index (κ2) is 3.37. The van der Waals surface area contributed by atoms with E-state index >= 15 is 0 Å². The van der Waals surface area contributed by atoms with Crippen molar-refractivity contribution in [2.24, 2.45) is 5.73 Å². The molecule has 0 atom stereocenters. The maximum Gasteiger partial charge on any atom is 0.181 e. The molecule has 0 saturated carbocycles. The molecule has 0 fully saturated rings. The molecular weight excluding hydrogens is 164 g/mol. The third-order valence-corrected chi connectivity index (χ3v) is 1.76. The Morgan fingerprint density at radius 3 is 2.62 bits per heavy atom. The molecule has 4 nitrogen and oxygen atoms in total. The number of hydrogen-bond acceptors (Lipinski definition) is 3. The average Bonchev–Trinajstić information content (AvgIpc) is 2.67. The lowest BCUT2D eigenvalue weighted by atomic mass is 10.2. The first kappa shape index (κ1) is 7.94. The summed E-state index contributed by atoms with van der Waals surface area (Å²) in [6.45, 7) is 0.389. The Morgan fingerprint density at radius 2 is 2.00 bits per heavy atom. The van der Waals surface area contributed by atoms with E-state index in [2.05, 4.69) is 15.2 Å². The van der Waals surface area contributed by atoms with E-state index in [-0.39, 0.29) is 0 Å². The van der Waals surface area contributed by atoms with Crippen LogP contribution in [0.2, 0.25) is 0 Å². The van der Waals surface area contributed by atoms with E-state index in [1.54, 1.807) is 0 Å². The van der Waals surface area contributed by atoms with Crippen molar-refractivity contribution in [3.8, 4) is 11.4 Å². The Kier molecular flexibility index (Phi) is 2.06. The van der Waals surface area contributed by atoms with Gasteiger partial charge in [0.25, 0.3) is 0 Å². The van der Waals surface area contributed by atoms with Gasteiger partial charge in [-0.25, -0.2) is 4.98 Å². The number of hydrogen-bond donors (Lipinski definition) is 2. The van der Waals surface area contributed by atoms with Gasteiger partial charge in [0.1, 0.15) is 5.82 Å². The Balaban J connectivity index is 2.36. The fourth-order valence-electron chi connectivity index (χ4n) is 1.10. The SMILES string of the molecule is NCc1nc(-c2ccccc2)n[nH]1. The minimum absolute atomic E-state index is 0.389. The third-order valence-electron chi connectivity index (χ3n) is 1.76. The van der Waals surface area contributed by atoms with E-state index in [9.17, 15) is 0 Å². The van der Waals surface area contributed by atoms with Crippen LogP contribution in [0.5, 0.6) is 0 Å².